The van der Waals surface area contributed by atoms with E-state index in [1.165, 1.54) is 5.56 Å². The van der Waals surface area contributed by atoms with Crippen molar-refractivity contribution >= 4 is 5.78 Å². The molecule has 0 spiro atoms. The van der Waals surface area contributed by atoms with Crippen molar-refractivity contribution in [2.24, 2.45) is 0 Å². The van der Waals surface area contributed by atoms with Crippen molar-refractivity contribution in [1.82, 2.24) is 9.55 Å². The molecule has 1 atom stereocenters. The van der Waals surface area contributed by atoms with Crippen LogP contribution in [0.25, 0.3) is 5.69 Å². The van der Waals surface area contributed by atoms with Gasteiger partial charge < -0.3 is 4.74 Å². The first-order valence-electron chi connectivity index (χ1n) is 7.65. The number of ketones is 1. The van der Waals surface area contributed by atoms with Crippen molar-refractivity contribution in [3.05, 3.63) is 41.5 Å². The van der Waals surface area contributed by atoms with Gasteiger partial charge in [-0.3, -0.25) is 9.36 Å². The minimum absolute atomic E-state index is 0.205. The second-order valence-corrected chi connectivity index (χ2v) is 5.83. The van der Waals surface area contributed by atoms with Crippen LogP contribution in [-0.2, 0) is 12.8 Å². The topological polar surface area (TPSA) is 44.1 Å². The lowest BCUT2D eigenvalue weighted by atomic mass is 9.99. The molecule has 2 aliphatic rings. The second kappa shape index (κ2) is 4.72. The third kappa shape index (κ3) is 1.97. The summed E-state index contributed by atoms with van der Waals surface area (Å²) in [4.78, 5) is 16.6. The Bertz CT molecular complexity index is 718. The zero-order valence-corrected chi connectivity index (χ0v) is 12.1. The quantitative estimate of drug-likeness (QED) is 0.850. The molecule has 4 nitrogen and oxygen atoms in total. The summed E-state index contributed by atoms with van der Waals surface area (Å²) in [5.41, 5.74) is 3.95. The summed E-state index contributed by atoms with van der Waals surface area (Å²) in [7, 11) is 0. The monoisotopic (exact) mass is 282 g/mol. The van der Waals surface area contributed by atoms with Crippen molar-refractivity contribution in [2.75, 3.05) is 0 Å². The van der Waals surface area contributed by atoms with Gasteiger partial charge in [0.25, 0.3) is 0 Å². The second-order valence-electron chi connectivity index (χ2n) is 5.83. The van der Waals surface area contributed by atoms with Gasteiger partial charge in [0.2, 0.25) is 0 Å². The normalized spacial score (nSPS) is 20.0. The Morgan fingerprint density at radius 2 is 2.29 bits per heavy atom. The summed E-state index contributed by atoms with van der Waals surface area (Å²) in [5, 5.41) is 0. The molecule has 0 bridgehead atoms. The maximum Gasteiger partial charge on any atom is 0.181 e. The predicted octanol–water partition coefficient (Wildman–Crippen LogP) is 3.10. The Morgan fingerprint density at radius 3 is 3.14 bits per heavy atom. The standard InChI is InChI=1S/C17H18N2O2/c1-2-13-9-11-8-12(6-7-16(11)21-13)19-10-18-14-4-3-5-15(20)17(14)19/h6-8,10,13H,2-5,9H2,1H3/t13-/m1/s1. The van der Waals surface area contributed by atoms with E-state index in [4.69, 9.17) is 4.74 Å². The molecule has 108 valence electrons. The van der Waals surface area contributed by atoms with Crippen LogP contribution < -0.4 is 4.74 Å². The zero-order valence-electron chi connectivity index (χ0n) is 12.1. The third-order valence-corrected chi connectivity index (χ3v) is 4.44. The van der Waals surface area contributed by atoms with E-state index in [1.807, 2.05) is 16.7 Å². The average Bonchev–Trinajstić information content (AvgIpc) is 3.10. The van der Waals surface area contributed by atoms with Crippen LogP contribution in [0, 0.1) is 0 Å². The number of hydrogen-bond donors (Lipinski definition) is 0. The van der Waals surface area contributed by atoms with Gasteiger partial charge in [0, 0.05) is 18.5 Å². The Morgan fingerprint density at radius 1 is 1.38 bits per heavy atom. The molecule has 0 fully saturated rings. The van der Waals surface area contributed by atoms with Crippen LogP contribution in [0.15, 0.2) is 24.5 Å². The lowest BCUT2D eigenvalue weighted by molar-refractivity contribution is 0.0965. The van der Waals surface area contributed by atoms with E-state index in [2.05, 4.69) is 18.0 Å². The van der Waals surface area contributed by atoms with E-state index >= 15 is 0 Å². The first-order chi connectivity index (χ1) is 10.3. The van der Waals surface area contributed by atoms with Crippen LogP contribution in [0.1, 0.15) is 47.9 Å². The van der Waals surface area contributed by atoms with Crippen molar-refractivity contribution in [3.63, 3.8) is 0 Å². The van der Waals surface area contributed by atoms with E-state index in [1.54, 1.807) is 6.33 Å². The molecule has 4 heteroatoms. The summed E-state index contributed by atoms with van der Waals surface area (Å²) in [6.07, 6.45) is 6.48. The average molecular weight is 282 g/mol. The van der Waals surface area contributed by atoms with Gasteiger partial charge in [-0.1, -0.05) is 6.92 Å². The van der Waals surface area contributed by atoms with Crippen LogP contribution in [0.2, 0.25) is 0 Å². The molecule has 2 aromatic rings. The number of fused-ring (bicyclic) bond motifs is 2. The Balaban J connectivity index is 1.76. The minimum Gasteiger partial charge on any atom is -0.490 e. The third-order valence-electron chi connectivity index (χ3n) is 4.44. The van der Waals surface area contributed by atoms with Gasteiger partial charge in [-0.15, -0.1) is 0 Å². The summed E-state index contributed by atoms with van der Waals surface area (Å²) in [6, 6.07) is 6.16. The number of imidazole rings is 1. The van der Waals surface area contributed by atoms with Gasteiger partial charge in [-0.25, -0.2) is 4.98 Å². The van der Waals surface area contributed by atoms with Gasteiger partial charge in [0.15, 0.2) is 5.78 Å². The zero-order chi connectivity index (χ0) is 14.4. The number of carbonyl (C=O) groups excluding carboxylic acids is 1. The van der Waals surface area contributed by atoms with E-state index < -0.39 is 0 Å². The molecular weight excluding hydrogens is 264 g/mol. The molecular formula is C17H18N2O2. The highest BCUT2D eigenvalue weighted by atomic mass is 16.5. The molecule has 1 aromatic heterocycles. The number of nitrogens with zero attached hydrogens (tertiary/aromatic N) is 2. The number of aromatic nitrogens is 2. The molecule has 0 N–H and O–H groups in total. The first kappa shape index (κ1) is 12.6. The smallest absolute Gasteiger partial charge is 0.181 e. The van der Waals surface area contributed by atoms with Gasteiger partial charge in [0.05, 0.1) is 5.69 Å². The Hall–Kier alpha value is -2.10. The Kier molecular flexibility index (Phi) is 2.84. The SMILES string of the molecule is CC[C@@H]1Cc2cc(-n3cnc4c3C(=O)CCC4)ccc2O1. The molecule has 0 amide bonds. The molecule has 0 unspecified atom stereocenters. The lowest BCUT2D eigenvalue weighted by Crippen LogP contribution is -2.14. The van der Waals surface area contributed by atoms with E-state index in [-0.39, 0.29) is 11.9 Å². The number of Topliss-reactive ketones (excluding diaryl/α,β-unsaturated/α-hetero) is 1. The summed E-state index contributed by atoms with van der Waals surface area (Å²) < 4.78 is 7.81. The molecule has 0 saturated heterocycles. The van der Waals surface area contributed by atoms with E-state index in [0.29, 0.717) is 6.42 Å². The van der Waals surface area contributed by atoms with Crippen molar-refractivity contribution < 1.29 is 9.53 Å². The van der Waals surface area contributed by atoms with Crippen LogP contribution in [-0.4, -0.2) is 21.4 Å². The number of aryl methyl sites for hydroxylation is 1. The fourth-order valence-electron chi connectivity index (χ4n) is 3.28. The fourth-order valence-corrected chi connectivity index (χ4v) is 3.28. The van der Waals surface area contributed by atoms with Crippen LogP contribution >= 0.6 is 0 Å². The van der Waals surface area contributed by atoms with E-state index in [0.717, 1.165) is 48.5 Å². The van der Waals surface area contributed by atoms with Crippen molar-refractivity contribution in [3.8, 4) is 11.4 Å². The summed E-state index contributed by atoms with van der Waals surface area (Å²) >= 11 is 0. The highest BCUT2D eigenvalue weighted by Crippen LogP contribution is 2.32. The molecule has 0 saturated carbocycles. The highest BCUT2D eigenvalue weighted by Gasteiger charge is 2.25. The molecule has 1 aromatic carbocycles. The Labute approximate surface area is 123 Å². The lowest BCUT2D eigenvalue weighted by Gasteiger charge is -2.13. The van der Waals surface area contributed by atoms with Crippen LogP contribution in [0.4, 0.5) is 0 Å². The largest absolute Gasteiger partial charge is 0.490 e. The summed E-state index contributed by atoms with van der Waals surface area (Å²) in [5.74, 6) is 1.18. The molecule has 1 aliphatic carbocycles. The fraction of sp³-hybridized carbons (Fsp3) is 0.412. The maximum atomic E-state index is 12.2. The number of benzene rings is 1. The summed E-state index contributed by atoms with van der Waals surface area (Å²) in [6.45, 7) is 2.14. The number of rotatable bonds is 2. The highest BCUT2D eigenvalue weighted by molar-refractivity contribution is 5.97. The van der Waals surface area contributed by atoms with E-state index in [9.17, 15) is 4.79 Å². The van der Waals surface area contributed by atoms with Crippen LogP contribution in [0.3, 0.4) is 0 Å². The maximum absolute atomic E-state index is 12.2. The van der Waals surface area contributed by atoms with Gasteiger partial charge >= 0.3 is 0 Å². The molecule has 0 radical (unpaired) electrons. The molecule has 2 heterocycles. The molecule has 1 aliphatic heterocycles. The van der Waals surface area contributed by atoms with Crippen LogP contribution in [0.5, 0.6) is 5.75 Å². The number of carbonyl (C=O) groups is 1. The predicted molar refractivity (Wildman–Crippen MR) is 79.2 cm³/mol. The number of ether oxygens (including phenoxy) is 1. The molecule has 21 heavy (non-hydrogen) atoms. The van der Waals surface area contributed by atoms with Crippen molar-refractivity contribution in [1.29, 1.82) is 0 Å². The van der Waals surface area contributed by atoms with Gasteiger partial charge in [0.1, 0.15) is 23.9 Å². The van der Waals surface area contributed by atoms with Crippen molar-refractivity contribution in [2.45, 2.75) is 45.1 Å². The van der Waals surface area contributed by atoms with Gasteiger partial charge in [-0.2, -0.15) is 0 Å². The minimum atomic E-state index is 0.205. The van der Waals surface area contributed by atoms with Gasteiger partial charge in [-0.05, 0) is 43.0 Å². The number of hydrogen-bond acceptors (Lipinski definition) is 3. The first-order valence-corrected chi connectivity index (χ1v) is 7.65. The molecule has 4 rings (SSSR count).